The average Bonchev–Trinajstić information content (AvgIpc) is 3.23. The highest BCUT2D eigenvalue weighted by Crippen LogP contribution is 2.29. The number of hydrogen-bond donors (Lipinski definition) is 1. The second-order valence-corrected chi connectivity index (χ2v) is 5.92. The molecule has 5 nitrogen and oxygen atoms in total. The molecule has 112 valence electrons. The Labute approximate surface area is 134 Å². The molecule has 2 aromatic heterocycles. The first-order valence-electron chi connectivity index (χ1n) is 6.85. The van der Waals surface area contributed by atoms with Crippen LogP contribution >= 0.6 is 11.3 Å². The van der Waals surface area contributed by atoms with Crippen molar-refractivity contribution in [3.63, 3.8) is 0 Å². The van der Waals surface area contributed by atoms with Crippen molar-refractivity contribution >= 4 is 27.4 Å². The number of thiophene rings is 1. The molecule has 0 aliphatic rings. The van der Waals surface area contributed by atoms with Crippen molar-refractivity contribution < 1.29 is 14.3 Å². The van der Waals surface area contributed by atoms with Crippen LogP contribution in [0.25, 0.3) is 33.0 Å². The molecule has 4 aromatic rings. The van der Waals surface area contributed by atoms with Crippen LogP contribution < -0.4 is 0 Å². The Morgan fingerprint density at radius 3 is 2.57 bits per heavy atom. The van der Waals surface area contributed by atoms with Crippen molar-refractivity contribution in [2.24, 2.45) is 0 Å². The summed E-state index contributed by atoms with van der Waals surface area (Å²) >= 11 is 1.65. The molecule has 2 heterocycles. The van der Waals surface area contributed by atoms with Crippen LogP contribution in [-0.4, -0.2) is 21.3 Å². The first-order chi connectivity index (χ1) is 11.2. The van der Waals surface area contributed by atoms with Crippen molar-refractivity contribution in [3.8, 4) is 22.9 Å². The molecule has 23 heavy (non-hydrogen) atoms. The van der Waals surface area contributed by atoms with Crippen LogP contribution in [0.2, 0.25) is 0 Å². The average molecular weight is 322 g/mol. The molecule has 0 radical (unpaired) electrons. The number of rotatable bonds is 3. The summed E-state index contributed by atoms with van der Waals surface area (Å²) in [5.41, 5.74) is 1.61. The van der Waals surface area contributed by atoms with E-state index in [0.717, 1.165) is 10.3 Å². The monoisotopic (exact) mass is 322 g/mol. The molecular weight excluding hydrogens is 312 g/mol. The third kappa shape index (κ3) is 2.49. The lowest BCUT2D eigenvalue weighted by Gasteiger charge is -1.98. The Bertz CT molecular complexity index is 1020. The van der Waals surface area contributed by atoms with E-state index in [2.05, 4.69) is 16.3 Å². The third-order valence-electron chi connectivity index (χ3n) is 3.48. The van der Waals surface area contributed by atoms with Gasteiger partial charge in [0.15, 0.2) is 0 Å². The lowest BCUT2D eigenvalue weighted by molar-refractivity contribution is 0.0697. The van der Waals surface area contributed by atoms with E-state index in [9.17, 15) is 4.79 Å². The van der Waals surface area contributed by atoms with Crippen LogP contribution in [0.5, 0.6) is 0 Å². The first kappa shape index (κ1) is 13.7. The molecule has 0 aliphatic carbocycles. The Morgan fingerprint density at radius 2 is 1.78 bits per heavy atom. The van der Waals surface area contributed by atoms with Crippen molar-refractivity contribution in [1.29, 1.82) is 0 Å². The number of aromatic nitrogens is 2. The first-order valence-corrected chi connectivity index (χ1v) is 7.73. The van der Waals surface area contributed by atoms with Crippen LogP contribution in [0.1, 0.15) is 10.4 Å². The van der Waals surface area contributed by atoms with Crippen LogP contribution in [0.4, 0.5) is 0 Å². The quantitative estimate of drug-likeness (QED) is 0.608. The van der Waals surface area contributed by atoms with Gasteiger partial charge in [-0.25, -0.2) is 4.79 Å². The van der Waals surface area contributed by atoms with Gasteiger partial charge in [-0.05, 0) is 47.2 Å². The maximum Gasteiger partial charge on any atom is 0.335 e. The van der Waals surface area contributed by atoms with Gasteiger partial charge in [0.25, 0.3) is 0 Å². The topological polar surface area (TPSA) is 76.2 Å². The molecule has 2 aromatic carbocycles. The molecule has 0 fully saturated rings. The molecule has 0 saturated carbocycles. The minimum absolute atomic E-state index is 0.183. The molecule has 6 heteroatoms. The number of carbonyl (C=O) groups is 1. The van der Waals surface area contributed by atoms with Crippen LogP contribution in [0.3, 0.4) is 0 Å². The third-order valence-corrected chi connectivity index (χ3v) is 4.36. The fraction of sp³-hybridized carbons (Fsp3) is 0. The molecule has 0 bridgehead atoms. The normalized spacial score (nSPS) is 11.0. The van der Waals surface area contributed by atoms with Gasteiger partial charge in [-0.1, -0.05) is 12.1 Å². The van der Waals surface area contributed by atoms with Crippen molar-refractivity contribution in [2.45, 2.75) is 0 Å². The van der Waals surface area contributed by atoms with Gasteiger partial charge >= 0.3 is 5.97 Å². The van der Waals surface area contributed by atoms with E-state index in [1.54, 1.807) is 23.5 Å². The zero-order chi connectivity index (χ0) is 15.8. The lowest BCUT2D eigenvalue weighted by Crippen LogP contribution is -1.95. The molecular formula is C17H10N2O3S. The summed E-state index contributed by atoms with van der Waals surface area (Å²) in [4.78, 5) is 11.0. The maximum atomic E-state index is 11.0. The number of benzene rings is 2. The molecule has 0 aliphatic heterocycles. The van der Waals surface area contributed by atoms with E-state index in [1.165, 1.54) is 17.5 Å². The van der Waals surface area contributed by atoms with E-state index < -0.39 is 5.97 Å². The van der Waals surface area contributed by atoms with E-state index in [1.807, 2.05) is 23.6 Å². The highest BCUT2D eigenvalue weighted by molar-refractivity contribution is 7.17. The van der Waals surface area contributed by atoms with Crippen LogP contribution in [0, 0.1) is 0 Å². The summed E-state index contributed by atoms with van der Waals surface area (Å²) in [5.74, 6) is -0.278. The fourth-order valence-electron chi connectivity index (χ4n) is 2.33. The Hall–Kier alpha value is -2.99. The van der Waals surface area contributed by atoms with Gasteiger partial charge in [0.1, 0.15) is 0 Å². The highest BCUT2D eigenvalue weighted by Gasteiger charge is 2.13. The van der Waals surface area contributed by atoms with E-state index in [4.69, 9.17) is 9.52 Å². The molecule has 1 N–H and O–H groups in total. The second-order valence-electron chi connectivity index (χ2n) is 4.97. The minimum atomic E-state index is -0.991. The lowest BCUT2D eigenvalue weighted by atomic mass is 10.1. The van der Waals surface area contributed by atoms with Crippen molar-refractivity contribution in [3.05, 3.63) is 59.5 Å². The van der Waals surface area contributed by atoms with E-state index in [0.29, 0.717) is 17.3 Å². The number of nitrogens with zero attached hydrogens (tertiary/aromatic N) is 2. The molecule has 0 saturated heterocycles. The van der Waals surface area contributed by atoms with Crippen LogP contribution in [0.15, 0.2) is 58.3 Å². The summed E-state index contributed by atoms with van der Waals surface area (Å²) < 4.78 is 6.85. The Balaban J connectivity index is 1.73. The molecule has 4 rings (SSSR count). The van der Waals surface area contributed by atoms with E-state index >= 15 is 0 Å². The number of aromatic carboxylic acids is 1. The number of carboxylic acids is 1. The van der Waals surface area contributed by atoms with Gasteiger partial charge in [0, 0.05) is 15.8 Å². The van der Waals surface area contributed by atoms with Gasteiger partial charge in [-0.2, -0.15) is 0 Å². The zero-order valence-electron chi connectivity index (χ0n) is 11.8. The predicted octanol–water partition coefficient (Wildman–Crippen LogP) is 4.32. The van der Waals surface area contributed by atoms with Gasteiger partial charge in [0.05, 0.1) is 5.56 Å². The Kier molecular flexibility index (Phi) is 3.17. The SMILES string of the molecule is O=C(O)c1cccc(-c2nnc(-c3ccc4ccsc4c3)o2)c1. The molecule has 0 atom stereocenters. The number of carboxylic acid groups (broad SMARTS) is 1. The molecule has 0 spiro atoms. The van der Waals surface area contributed by atoms with Crippen molar-refractivity contribution in [2.75, 3.05) is 0 Å². The van der Waals surface area contributed by atoms with E-state index in [-0.39, 0.29) is 5.56 Å². The molecule has 0 unspecified atom stereocenters. The summed E-state index contributed by atoms with van der Waals surface area (Å²) in [7, 11) is 0. The smallest absolute Gasteiger partial charge is 0.335 e. The minimum Gasteiger partial charge on any atom is -0.478 e. The summed E-state index contributed by atoms with van der Waals surface area (Å²) in [5, 5.41) is 20.4. The molecule has 0 amide bonds. The second kappa shape index (κ2) is 5.33. The predicted molar refractivity (Wildman–Crippen MR) is 87.5 cm³/mol. The summed E-state index contributed by atoms with van der Waals surface area (Å²) in [6.07, 6.45) is 0. The maximum absolute atomic E-state index is 11.0. The zero-order valence-corrected chi connectivity index (χ0v) is 12.6. The summed E-state index contributed by atoms with van der Waals surface area (Å²) in [6, 6.07) is 14.4. The van der Waals surface area contributed by atoms with Gasteiger partial charge in [0.2, 0.25) is 11.8 Å². The Morgan fingerprint density at radius 1 is 1.00 bits per heavy atom. The van der Waals surface area contributed by atoms with Crippen LogP contribution in [-0.2, 0) is 0 Å². The fourth-order valence-corrected chi connectivity index (χ4v) is 3.16. The number of fused-ring (bicyclic) bond motifs is 1. The van der Waals surface area contributed by atoms with Gasteiger partial charge < -0.3 is 9.52 Å². The standard InChI is InChI=1S/C17H10N2O3S/c20-17(21)13-3-1-2-11(8-13)15-18-19-16(22-15)12-5-4-10-6-7-23-14(10)9-12/h1-9H,(H,20,21). The van der Waals surface area contributed by atoms with Crippen molar-refractivity contribution in [1.82, 2.24) is 10.2 Å². The summed E-state index contributed by atoms with van der Waals surface area (Å²) in [6.45, 7) is 0. The highest BCUT2D eigenvalue weighted by atomic mass is 32.1. The largest absolute Gasteiger partial charge is 0.478 e. The van der Waals surface area contributed by atoms with Gasteiger partial charge in [-0.3, -0.25) is 0 Å². The number of hydrogen-bond acceptors (Lipinski definition) is 5. The van der Waals surface area contributed by atoms with Gasteiger partial charge in [-0.15, -0.1) is 21.5 Å².